The minimum atomic E-state index is -0.0611. The Balaban J connectivity index is 1.31. The number of furan rings is 1. The molecular formula is C20H20BrN3O3. The number of imidazole rings is 1. The van der Waals surface area contributed by atoms with Gasteiger partial charge in [0.15, 0.2) is 5.76 Å². The number of nitrogens with zero attached hydrogens (tertiary/aromatic N) is 3. The molecule has 1 aromatic carbocycles. The number of rotatable bonds is 5. The van der Waals surface area contributed by atoms with E-state index in [1.807, 2.05) is 41.7 Å². The van der Waals surface area contributed by atoms with Crippen LogP contribution in [0, 0.1) is 0 Å². The highest BCUT2D eigenvalue weighted by Gasteiger charge is 2.26. The molecule has 6 nitrogen and oxygen atoms in total. The highest BCUT2D eigenvalue weighted by atomic mass is 79.9. The third-order valence-electron chi connectivity index (χ3n) is 4.77. The van der Waals surface area contributed by atoms with E-state index in [9.17, 15) is 4.79 Å². The summed E-state index contributed by atoms with van der Waals surface area (Å²) < 4.78 is 14.5. The van der Waals surface area contributed by atoms with Gasteiger partial charge in [0.05, 0.1) is 6.33 Å². The van der Waals surface area contributed by atoms with Crippen LogP contribution in [0.5, 0.6) is 5.75 Å². The van der Waals surface area contributed by atoms with Gasteiger partial charge in [-0.05, 0) is 49.2 Å². The quantitative estimate of drug-likeness (QED) is 0.606. The van der Waals surface area contributed by atoms with Crippen LogP contribution in [0.3, 0.4) is 0 Å². The van der Waals surface area contributed by atoms with Gasteiger partial charge in [-0.25, -0.2) is 4.98 Å². The van der Waals surface area contributed by atoms with Crippen molar-refractivity contribution in [2.45, 2.75) is 25.5 Å². The second-order valence-corrected chi connectivity index (χ2v) is 7.46. The molecule has 1 saturated heterocycles. The SMILES string of the molecule is O=C(c1ccc(COc2ccc(Br)cc2)o1)N1CCC(n2ccnc2)CC1. The molecule has 0 spiro atoms. The summed E-state index contributed by atoms with van der Waals surface area (Å²) in [5, 5.41) is 0. The van der Waals surface area contributed by atoms with Crippen LogP contribution in [0.4, 0.5) is 0 Å². The zero-order valence-corrected chi connectivity index (χ0v) is 16.3. The number of piperidine rings is 1. The van der Waals surface area contributed by atoms with Gasteiger partial charge in [-0.15, -0.1) is 0 Å². The lowest BCUT2D eigenvalue weighted by atomic mass is 10.0. The highest BCUT2D eigenvalue weighted by molar-refractivity contribution is 9.10. The lowest BCUT2D eigenvalue weighted by molar-refractivity contribution is 0.0658. The number of hydrogen-bond donors (Lipinski definition) is 0. The molecule has 1 aliphatic rings. The van der Waals surface area contributed by atoms with Crippen molar-refractivity contribution in [3.63, 3.8) is 0 Å². The van der Waals surface area contributed by atoms with Crippen molar-refractivity contribution < 1.29 is 13.9 Å². The van der Waals surface area contributed by atoms with E-state index in [-0.39, 0.29) is 12.5 Å². The first-order valence-corrected chi connectivity index (χ1v) is 9.72. The Morgan fingerprint density at radius 3 is 2.67 bits per heavy atom. The molecule has 0 N–H and O–H groups in total. The van der Waals surface area contributed by atoms with Crippen molar-refractivity contribution in [1.82, 2.24) is 14.5 Å². The van der Waals surface area contributed by atoms with Crippen LogP contribution >= 0.6 is 15.9 Å². The third kappa shape index (κ3) is 4.24. The summed E-state index contributed by atoms with van der Waals surface area (Å²) in [6, 6.07) is 11.5. The van der Waals surface area contributed by atoms with E-state index in [0.29, 0.717) is 30.7 Å². The van der Waals surface area contributed by atoms with E-state index in [2.05, 4.69) is 25.5 Å². The lowest BCUT2D eigenvalue weighted by Crippen LogP contribution is -2.38. The minimum absolute atomic E-state index is 0.0611. The number of hydrogen-bond acceptors (Lipinski definition) is 4. The van der Waals surface area contributed by atoms with Gasteiger partial charge in [0.1, 0.15) is 18.1 Å². The van der Waals surface area contributed by atoms with Crippen molar-refractivity contribution in [2.75, 3.05) is 13.1 Å². The predicted molar refractivity (Wildman–Crippen MR) is 104 cm³/mol. The van der Waals surface area contributed by atoms with Gasteiger partial charge in [-0.1, -0.05) is 15.9 Å². The number of benzene rings is 1. The summed E-state index contributed by atoms with van der Waals surface area (Å²) >= 11 is 3.39. The fraction of sp³-hybridized carbons (Fsp3) is 0.300. The number of aromatic nitrogens is 2. The Morgan fingerprint density at radius 2 is 1.96 bits per heavy atom. The maximum absolute atomic E-state index is 12.7. The summed E-state index contributed by atoms with van der Waals surface area (Å²) in [4.78, 5) is 18.6. The molecular weight excluding hydrogens is 410 g/mol. The zero-order chi connectivity index (χ0) is 18.6. The summed E-state index contributed by atoms with van der Waals surface area (Å²) in [5.74, 6) is 1.69. The second kappa shape index (κ2) is 8.00. The van der Waals surface area contributed by atoms with Crippen molar-refractivity contribution in [3.8, 4) is 5.75 Å². The monoisotopic (exact) mass is 429 g/mol. The minimum Gasteiger partial charge on any atom is -0.486 e. The normalized spacial score (nSPS) is 15.1. The summed E-state index contributed by atoms with van der Waals surface area (Å²) in [5.41, 5.74) is 0. The van der Waals surface area contributed by atoms with Crippen LogP contribution < -0.4 is 4.74 Å². The average Bonchev–Trinajstić information content (AvgIpc) is 3.39. The zero-order valence-electron chi connectivity index (χ0n) is 14.8. The molecule has 0 atom stereocenters. The number of halogens is 1. The van der Waals surface area contributed by atoms with E-state index in [0.717, 1.165) is 23.1 Å². The van der Waals surface area contributed by atoms with Crippen LogP contribution in [-0.2, 0) is 6.61 Å². The predicted octanol–water partition coefficient (Wildman–Crippen LogP) is 4.29. The first-order valence-electron chi connectivity index (χ1n) is 8.93. The fourth-order valence-corrected chi connectivity index (χ4v) is 3.53. The molecule has 0 saturated carbocycles. The molecule has 0 unspecified atom stereocenters. The Bertz CT molecular complexity index is 882. The number of ether oxygens (including phenoxy) is 1. The number of likely N-dealkylation sites (tertiary alicyclic amines) is 1. The van der Waals surface area contributed by atoms with E-state index in [4.69, 9.17) is 9.15 Å². The Morgan fingerprint density at radius 1 is 1.19 bits per heavy atom. The molecule has 0 aliphatic carbocycles. The Hall–Kier alpha value is -2.54. The average molecular weight is 430 g/mol. The maximum Gasteiger partial charge on any atom is 0.289 e. The van der Waals surface area contributed by atoms with Crippen LogP contribution in [0.25, 0.3) is 0 Å². The first kappa shape index (κ1) is 17.9. The first-order chi connectivity index (χ1) is 13.2. The van der Waals surface area contributed by atoms with E-state index < -0.39 is 0 Å². The third-order valence-corrected chi connectivity index (χ3v) is 5.29. The van der Waals surface area contributed by atoms with Crippen LogP contribution in [0.1, 0.15) is 35.2 Å². The number of amides is 1. The smallest absolute Gasteiger partial charge is 0.289 e. The van der Waals surface area contributed by atoms with Crippen LogP contribution in [0.15, 0.2) is 64.0 Å². The molecule has 1 aliphatic heterocycles. The molecule has 4 rings (SSSR count). The topological polar surface area (TPSA) is 60.5 Å². The van der Waals surface area contributed by atoms with Crippen molar-refractivity contribution in [2.24, 2.45) is 0 Å². The van der Waals surface area contributed by atoms with Crippen LogP contribution in [-0.4, -0.2) is 33.4 Å². The maximum atomic E-state index is 12.7. The molecule has 0 radical (unpaired) electrons. The van der Waals surface area contributed by atoms with Gasteiger partial charge < -0.3 is 18.6 Å². The van der Waals surface area contributed by atoms with Gasteiger partial charge in [0, 0.05) is 36.0 Å². The van der Waals surface area contributed by atoms with Gasteiger partial charge in [0.2, 0.25) is 0 Å². The molecule has 7 heteroatoms. The highest BCUT2D eigenvalue weighted by Crippen LogP contribution is 2.24. The molecule has 2 aromatic heterocycles. The molecule has 3 heterocycles. The van der Waals surface area contributed by atoms with Gasteiger partial charge in [-0.2, -0.15) is 0 Å². The van der Waals surface area contributed by atoms with Crippen molar-refractivity contribution in [1.29, 1.82) is 0 Å². The fourth-order valence-electron chi connectivity index (χ4n) is 3.26. The molecule has 27 heavy (non-hydrogen) atoms. The van der Waals surface area contributed by atoms with E-state index in [1.165, 1.54) is 0 Å². The Kier molecular flexibility index (Phi) is 5.29. The largest absolute Gasteiger partial charge is 0.486 e. The lowest BCUT2D eigenvalue weighted by Gasteiger charge is -2.32. The van der Waals surface area contributed by atoms with Gasteiger partial charge in [0.25, 0.3) is 5.91 Å². The number of carbonyl (C=O) groups is 1. The molecule has 3 aromatic rings. The molecule has 140 valence electrons. The summed E-state index contributed by atoms with van der Waals surface area (Å²) in [6.45, 7) is 1.72. The molecule has 1 amide bonds. The van der Waals surface area contributed by atoms with Gasteiger partial charge in [-0.3, -0.25) is 4.79 Å². The molecule has 0 bridgehead atoms. The van der Waals surface area contributed by atoms with E-state index in [1.54, 1.807) is 18.3 Å². The second-order valence-electron chi connectivity index (χ2n) is 6.54. The Labute approximate surface area is 165 Å². The van der Waals surface area contributed by atoms with E-state index >= 15 is 0 Å². The summed E-state index contributed by atoms with van der Waals surface area (Å²) in [6.07, 6.45) is 7.45. The van der Waals surface area contributed by atoms with Crippen molar-refractivity contribution in [3.05, 3.63) is 71.1 Å². The van der Waals surface area contributed by atoms with Gasteiger partial charge >= 0.3 is 0 Å². The molecule has 1 fully saturated rings. The van der Waals surface area contributed by atoms with Crippen LogP contribution in [0.2, 0.25) is 0 Å². The van der Waals surface area contributed by atoms with Crippen molar-refractivity contribution >= 4 is 21.8 Å². The standard InChI is InChI=1S/C20H20BrN3O3/c21-15-1-3-17(4-2-15)26-13-18-5-6-19(27-18)20(25)23-10-7-16(8-11-23)24-12-9-22-14-24/h1-6,9,12,14,16H,7-8,10-11,13H2. The summed E-state index contributed by atoms with van der Waals surface area (Å²) in [7, 11) is 0. The number of carbonyl (C=O) groups excluding carboxylic acids is 1.